The third kappa shape index (κ3) is 5.00. The lowest BCUT2D eigenvalue weighted by Crippen LogP contribution is -2.43. The molecule has 120 valence electrons. The molecule has 6 heteroatoms. The van der Waals surface area contributed by atoms with Gasteiger partial charge in [-0.2, -0.15) is 0 Å². The van der Waals surface area contributed by atoms with Gasteiger partial charge in [0, 0.05) is 5.56 Å². The number of benzene rings is 2. The highest BCUT2D eigenvalue weighted by Gasteiger charge is 2.08. The van der Waals surface area contributed by atoms with Crippen molar-refractivity contribution in [3.05, 3.63) is 64.7 Å². The SMILES string of the molecule is CCc1ccc(C(=O)NNC(=O)COc2ccccc2Cl)cc1. The molecule has 2 aromatic rings. The molecule has 0 saturated carbocycles. The van der Waals surface area contributed by atoms with E-state index in [-0.39, 0.29) is 6.61 Å². The fourth-order valence-electron chi connectivity index (χ4n) is 1.83. The summed E-state index contributed by atoms with van der Waals surface area (Å²) in [6.45, 7) is 1.78. The molecule has 23 heavy (non-hydrogen) atoms. The number of ether oxygens (including phenoxy) is 1. The first-order valence-electron chi connectivity index (χ1n) is 7.15. The number of hydrogen-bond acceptors (Lipinski definition) is 3. The highest BCUT2D eigenvalue weighted by atomic mass is 35.5. The van der Waals surface area contributed by atoms with E-state index in [2.05, 4.69) is 10.9 Å². The van der Waals surface area contributed by atoms with E-state index in [0.29, 0.717) is 16.3 Å². The van der Waals surface area contributed by atoms with Crippen molar-refractivity contribution >= 4 is 23.4 Å². The molecule has 0 aliphatic heterocycles. The van der Waals surface area contributed by atoms with Gasteiger partial charge < -0.3 is 4.74 Å². The Morgan fingerprint density at radius 3 is 2.39 bits per heavy atom. The summed E-state index contributed by atoms with van der Waals surface area (Å²) in [5.74, 6) is -0.465. The van der Waals surface area contributed by atoms with Crippen LogP contribution in [-0.2, 0) is 11.2 Å². The maximum Gasteiger partial charge on any atom is 0.276 e. The molecule has 0 aromatic heterocycles. The van der Waals surface area contributed by atoms with Gasteiger partial charge in [-0.05, 0) is 36.2 Å². The van der Waals surface area contributed by atoms with Crippen molar-refractivity contribution in [2.24, 2.45) is 0 Å². The first-order valence-corrected chi connectivity index (χ1v) is 7.53. The Hall–Kier alpha value is -2.53. The van der Waals surface area contributed by atoms with Crippen LogP contribution < -0.4 is 15.6 Å². The highest BCUT2D eigenvalue weighted by Crippen LogP contribution is 2.22. The molecular formula is C17H17ClN2O3. The summed E-state index contributed by atoms with van der Waals surface area (Å²) < 4.78 is 5.27. The van der Waals surface area contributed by atoms with Gasteiger partial charge in [0.25, 0.3) is 11.8 Å². The third-order valence-corrected chi connectivity index (χ3v) is 3.45. The van der Waals surface area contributed by atoms with Crippen LogP contribution in [0.25, 0.3) is 0 Å². The van der Waals surface area contributed by atoms with E-state index >= 15 is 0 Å². The molecule has 0 aliphatic carbocycles. The van der Waals surface area contributed by atoms with E-state index in [9.17, 15) is 9.59 Å². The summed E-state index contributed by atoms with van der Waals surface area (Å²) in [5.41, 5.74) is 6.23. The van der Waals surface area contributed by atoms with Crippen molar-refractivity contribution in [2.75, 3.05) is 6.61 Å². The van der Waals surface area contributed by atoms with Crippen molar-refractivity contribution in [2.45, 2.75) is 13.3 Å². The van der Waals surface area contributed by atoms with E-state index in [1.165, 1.54) is 0 Å². The van der Waals surface area contributed by atoms with Gasteiger partial charge in [-0.3, -0.25) is 20.4 Å². The minimum absolute atomic E-state index is 0.251. The Bertz CT molecular complexity index is 686. The van der Waals surface area contributed by atoms with Crippen molar-refractivity contribution < 1.29 is 14.3 Å². The summed E-state index contributed by atoms with van der Waals surface area (Å²) in [7, 11) is 0. The van der Waals surface area contributed by atoms with Crippen LogP contribution in [0.4, 0.5) is 0 Å². The zero-order valence-corrected chi connectivity index (χ0v) is 13.4. The summed E-state index contributed by atoms with van der Waals surface area (Å²) in [5, 5.41) is 0.417. The Labute approximate surface area is 139 Å². The molecule has 0 heterocycles. The maximum absolute atomic E-state index is 11.9. The molecule has 0 saturated heterocycles. The van der Waals surface area contributed by atoms with E-state index in [0.717, 1.165) is 12.0 Å². The van der Waals surface area contributed by atoms with Crippen LogP contribution in [0, 0.1) is 0 Å². The molecule has 0 bridgehead atoms. The van der Waals surface area contributed by atoms with Crippen LogP contribution in [0.1, 0.15) is 22.8 Å². The topological polar surface area (TPSA) is 67.4 Å². The van der Waals surface area contributed by atoms with Gasteiger partial charge in [-0.15, -0.1) is 0 Å². The van der Waals surface area contributed by atoms with Crippen molar-refractivity contribution in [3.63, 3.8) is 0 Å². The molecule has 2 aromatic carbocycles. The van der Waals surface area contributed by atoms with Gasteiger partial charge in [-0.1, -0.05) is 42.8 Å². The highest BCUT2D eigenvalue weighted by molar-refractivity contribution is 6.32. The minimum Gasteiger partial charge on any atom is -0.482 e. The summed E-state index contributed by atoms with van der Waals surface area (Å²) in [6.07, 6.45) is 0.901. The molecule has 2 rings (SSSR count). The molecule has 0 unspecified atom stereocenters. The Balaban J connectivity index is 1.79. The first-order chi connectivity index (χ1) is 11.1. The molecule has 0 aliphatic rings. The molecule has 0 spiro atoms. The van der Waals surface area contributed by atoms with Crippen LogP contribution in [-0.4, -0.2) is 18.4 Å². The van der Waals surface area contributed by atoms with Gasteiger partial charge in [0.1, 0.15) is 5.75 Å². The van der Waals surface area contributed by atoms with Crippen LogP contribution in [0.3, 0.4) is 0 Å². The molecule has 0 radical (unpaired) electrons. The van der Waals surface area contributed by atoms with Gasteiger partial charge in [0.15, 0.2) is 6.61 Å². The van der Waals surface area contributed by atoms with Crippen LogP contribution in [0.5, 0.6) is 5.75 Å². The number of aryl methyl sites for hydroxylation is 1. The largest absolute Gasteiger partial charge is 0.482 e. The van der Waals surface area contributed by atoms with Crippen molar-refractivity contribution in [1.82, 2.24) is 10.9 Å². The second-order valence-electron chi connectivity index (χ2n) is 4.77. The predicted octanol–water partition coefficient (Wildman–Crippen LogP) is 2.74. The number of rotatable bonds is 5. The smallest absolute Gasteiger partial charge is 0.276 e. The van der Waals surface area contributed by atoms with E-state index in [4.69, 9.17) is 16.3 Å². The standard InChI is InChI=1S/C17H17ClN2O3/c1-2-12-7-9-13(10-8-12)17(22)20-19-16(21)11-23-15-6-4-3-5-14(15)18/h3-10H,2,11H2,1H3,(H,19,21)(H,20,22). The van der Waals surface area contributed by atoms with Gasteiger partial charge in [0.2, 0.25) is 0 Å². The van der Waals surface area contributed by atoms with Gasteiger partial charge in [-0.25, -0.2) is 0 Å². The monoisotopic (exact) mass is 332 g/mol. The number of halogens is 1. The minimum atomic E-state index is -0.483. The lowest BCUT2D eigenvalue weighted by atomic mass is 10.1. The predicted molar refractivity (Wildman–Crippen MR) is 88.4 cm³/mol. The molecule has 2 N–H and O–H groups in total. The Morgan fingerprint density at radius 2 is 1.74 bits per heavy atom. The molecule has 0 atom stereocenters. The summed E-state index contributed by atoms with van der Waals surface area (Å²) in [4.78, 5) is 23.6. The third-order valence-electron chi connectivity index (χ3n) is 3.14. The van der Waals surface area contributed by atoms with E-state index < -0.39 is 11.8 Å². The zero-order valence-electron chi connectivity index (χ0n) is 12.6. The van der Waals surface area contributed by atoms with Gasteiger partial charge >= 0.3 is 0 Å². The average molecular weight is 333 g/mol. The van der Waals surface area contributed by atoms with Crippen molar-refractivity contribution in [1.29, 1.82) is 0 Å². The molecule has 5 nitrogen and oxygen atoms in total. The van der Waals surface area contributed by atoms with Crippen LogP contribution in [0.15, 0.2) is 48.5 Å². The molecule has 2 amide bonds. The Kier molecular flexibility index (Phi) is 6.00. The molecular weight excluding hydrogens is 316 g/mol. The average Bonchev–Trinajstić information content (AvgIpc) is 2.59. The van der Waals surface area contributed by atoms with Crippen molar-refractivity contribution in [3.8, 4) is 5.75 Å². The quantitative estimate of drug-likeness (QED) is 0.827. The number of carbonyl (C=O) groups is 2. The normalized spacial score (nSPS) is 10.0. The number of hydrogen-bond donors (Lipinski definition) is 2. The van der Waals surface area contributed by atoms with E-state index in [1.807, 2.05) is 19.1 Å². The summed E-state index contributed by atoms with van der Waals surface area (Å²) >= 11 is 5.91. The number of para-hydroxylation sites is 1. The Morgan fingerprint density at radius 1 is 1.04 bits per heavy atom. The fourth-order valence-corrected chi connectivity index (χ4v) is 2.02. The first kappa shape index (κ1) is 16.8. The number of amides is 2. The van der Waals surface area contributed by atoms with Crippen LogP contribution >= 0.6 is 11.6 Å². The van der Waals surface area contributed by atoms with Gasteiger partial charge in [0.05, 0.1) is 5.02 Å². The number of nitrogens with one attached hydrogen (secondary N) is 2. The number of hydrazine groups is 1. The summed E-state index contributed by atoms with van der Waals surface area (Å²) in [6, 6.07) is 14.0. The van der Waals surface area contributed by atoms with Crippen LogP contribution in [0.2, 0.25) is 5.02 Å². The second-order valence-corrected chi connectivity index (χ2v) is 5.18. The molecule has 0 fully saturated rings. The number of carbonyl (C=O) groups excluding carboxylic acids is 2. The maximum atomic E-state index is 11.9. The lowest BCUT2D eigenvalue weighted by molar-refractivity contribution is -0.123. The lowest BCUT2D eigenvalue weighted by Gasteiger charge is -2.09. The zero-order chi connectivity index (χ0) is 16.7. The van der Waals surface area contributed by atoms with E-state index in [1.54, 1.807) is 36.4 Å². The fraction of sp³-hybridized carbons (Fsp3) is 0.176. The second kappa shape index (κ2) is 8.19.